The van der Waals surface area contributed by atoms with Gasteiger partial charge in [-0.2, -0.15) is 0 Å². The molecule has 0 heterocycles. The molecule has 0 N–H and O–H groups in total. The third kappa shape index (κ3) is 2.79. The Hall–Kier alpha value is -1.50. The predicted octanol–water partition coefficient (Wildman–Crippen LogP) is 4.16. The fourth-order valence-corrected chi connectivity index (χ4v) is 2.32. The van der Waals surface area contributed by atoms with Gasteiger partial charge < -0.3 is 0 Å². The van der Waals surface area contributed by atoms with E-state index in [4.69, 9.17) is 7.85 Å². The van der Waals surface area contributed by atoms with Crippen LogP contribution in [0.15, 0.2) is 60.7 Å². The molecule has 0 aliphatic heterocycles. The van der Waals surface area contributed by atoms with E-state index in [0.29, 0.717) is 18.2 Å². The van der Waals surface area contributed by atoms with Crippen LogP contribution in [0.2, 0.25) is 6.32 Å². The van der Waals surface area contributed by atoms with Crippen LogP contribution in [0.3, 0.4) is 0 Å². The zero-order chi connectivity index (χ0) is 12.1. The van der Waals surface area contributed by atoms with Crippen LogP contribution in [0.1, 0.15) is 29.9 Å². The molecule has 2 aromatic rings. The van der Waals surface area contributed by atoms with Gasteiger partial charge in [0.2, 0.25) is 0 Å². The van der Waals surface area contributed by atoms with E-state index in [9.17, 15) is 0 Å². The van der Waals surface area contributed by atoms with Crippen molar-refractivity contribution in [3.05, 3.63) is 71.8 Å². The minimum atomic E-state index is 0.388. The summed E-state index contributed by atoms with van der Waals surface area (Å²) in [6.07, 6.45) is 0.681. The molecule has 84 valence electrons. The van der Waals surface area contributed by atoms with Gasteiger partial charge in [0.1, 0.15) is 0 Å². The monoisotopic (exact) mass is 220 g/mol. The molecule has 0 aliphatic rings. The lowest BCUT2D eigenvalue weighted by Gasteiger charge is -2.24. The van der Waals surface area contributed by atoms with Crippen LogP contribution in [-0.2, 0) is 0 Å². The Bertz CT molecular complexity index is 436. The van der Waals surface area contributed by atoms with Crippen LogP contribution in [0, 0.1) is 0 Å². The first-order valence-corrected chi connectivity index (χ1v) is 6.13. The van der Waals surface area contributed by atoms with Crippen molar-refractivity contribution in [2.24, 2.45) is 0 Å². The molecule has 0 aromatic heterocycles. The third-order valence-electron chi connectivity index (χ3n) is 3.41. The van der Waals surface area contributed by atoms with Crippen molar-refractivity contribution in [2.75, 3.05) is 0 Å². The molecule has 2 rings (SSSR count). The smallest absolute Gasteiger partial charge is 0.0661 e. The number of hydrogen-bond acceptors (Lipinski definition) is 0. The summed E-state index contributed by atoms with van der Waals surface area (Å²) in [5, 5.41) is 0. The molecule has 0 aliphatic carbocycles. The maximum Gasteiger partial charge on any atom is 0.0661 e. The van der Waals surface area contributed by atoms with Gasteiger partial charge in [-0.15, -0.1) is 0 Å². The maximum absolute atomic E-state index is 5.94. The first kappa shape index (κ1) is 12.0. The van der Waals surface area contributed by atoms with Gasteiger partial charge in [0.05, 0.1) is 7.85 Å². The molecule has 2 atom stereocenters. The highest BCUT2D eigenvalue weighted by molar-refractivity contribution is 6.09. The molecule has 2 radical (unpaired) electrons. The second-order valence-electron chi connectivity index (χ2n) is 4.45. The molecular weight excluding hydrogens is 203 g/mol. The average Bonchev–Trinajstić information content (AvgIpc) is 2.42. The Labute approximate surface area is 105 Å². The maximum atomic E-state index is 5.94. The van der Waals surface area contributed by atoms with Gasteiger partial charge >= 0.3 is 0 Å². The highest BCUT2D eigenvalue weighted by atomic mass is 14.2. The minimum Gasteiger partial charge on any atom is -0.0814 e. The Kier molecular flexibility index (Phi) is 4.03. The van der Waals surface area contributed by atoms with Crippen LogP contribution < -0.4 is 0 Å². The summed E-state index contributed by atoms with van der Waals surface area (Å²) in [7, 11) is 5.94. The van der Waals surface area contributed by atoms with E-state index in [1.165, 1.54) is 11.1 Å². The van der Waals surface area contributed by atoms with Crippen LogP contribution in [0.4, 0.5) is 0 Å². The third-order valence-corrected chi connectivity index (χ3v) is 3.41. The van der Waals surface area contributed by atoms with Gasteiger partial charge in [-0.3, -0.25) is 0 Å². The largest absolute Gasteiger partial charge is 0.0814 e. The molecule has 0 nitrogen and oxygen atoms in total. The van der Waals surface area contributed by atoms with Gasteiger partial charge in [0.15, 0.2) is 0 Å². The normalized spacial score (nSPS) is 14.2. The van der Waals surface area contributed by atoms with Crippen molar-refractivity contribution in [2.45, 2.75) is 25.1 Å². The predicted molar refractivity (Wildman–Crippen MR) is 74.6 cm³/mol. The van der Waals surface area contributed by atoms with Crippen LogP contribution in [-0.4, -0.2) is 7.85 Å². The summed E-state index contributed by atoms with van der Waals surface area (Å²) in [5.74, 6) is 0.835. The van der Waals surface area contributed by atoms with Crippen molar-refractivity contribution < 1.29 is 0 Å². The zero-order valence-corrected chi connectivity index (χ0v) is 10.2. The van der Waals surface area contributed by atoms with E-state index in [-0.39, 0.29) is 0 Å². The van der Waals surface area contributed by atoms with Crippen molar-refractivity contribution in [1.29, 1.82) is 0 Å². The molecule has 2 aromatic carbocycles. The van der Waals surface area contributed by atoms with Crippen molar-refractivity contribution in [3.63, 3.8) is 0 Å². The lowest BCUT2D eigenvalue weighted by molar-refractivity contribution is 0.623. The van der Waals surface area contributed by atoms with E-state index < -0.39 is 0 Å². The van der Waals surface area contributed by atoms with Gasteiger partial charge in [-0.1, -0.05) is 73.9 Å². The Morgan fingerprint density at radius 2 is 1.29 bits per heavy atom. The topological polar surface area (TPSA) is 0 Å². The standard InChI is InChI=1S/C16H17B/c1-13(14-8-4-2-5-9-14)16(12-17)15-10-6-3-7-11-15/h2-11,13,16H,12H2,1H3/t13-,16+/m1/s1. The highest BCUT2D eigenvalue weighted by Crippen LogP contribution is 2.34. The quantitative estimate of drug-likeness (QED) is 0.678. The fraction of sp³-hybridized carbons (Fsp3) is 0.250. The SMILES string of the molecule is [B]C[C@H](c1ccccc1)[C@H](C)c1ccccc1. The second-order valence-corrected chi connectivity index (χ2v) is 4.45. The van der Waals surface area contributed by atoms with E-state index >= 15 is 0 Å². The van der Waals surface area contributed by atoms with Crippen molar-refractivity contribution in [1.82, 2.24) is 0 Å². The number of benzene rings is 2. The molecule has 0 spiro atoms. The van der Waals surface area contributed by atoms with Gasteiger partial charge in [0.25, 0.3) is 0 Å². The Morgan fingerprint density at radius 1 is 0.824 bits per heavy atom. The summed E-state index contributed by atoms with van der Waals surface area (Å²) in [5.41, 5.74) is 2.68. The van der Waals surface area contributed by atoms with E-state index in [0.717, 1.165) is 0 Å². The zero-order valence-electron chi connectivity index (χ0n) is 10.2. The van der Waals surface area contributed by atoms with E-state index in [2.05, 4.69) is 61.5 Å². The number of rotatable bonds is 4. The Morgan fingerprint density at radius 3 is 1.76 bits per heavy atom. The highest BCUT2D eigenvalue weighted by Gasteiger charge is 2.18. The van der Waals surface area contributed by atoms with Crippen LogP contribution >= 0.6 is 0 Å². The molecule has 0 unspecified atom stereocenters. The fourth-order valence-electron chi connectivity index (χ4n) is 2.32. The molecule has 1 heteroatoms. The molecule has 0 saturated carbocycles. The summed E-state index contributed by atoms with van der Waals surface area (Å²) < 4.78 is 0. The minimum absolute atomic E-state index is 0.388. The first-order chi connectivity index (χ1) is 8.33. The second kappa shape index (κ2) is 5.72. The first-order valence-electron chi connectivity index (χ1n) is 6.13. The van der Waals surface area contributed by atoms with Gasteiger partial charge in [-0.05, 0) is 23.0 Å². The van der Waals surface area contributed by atoms with E-state index in [1.807, 2.05) is 6.07 Å². The van der Waals surface area contributed by atoms with Crippen molar-refractivity contribution >= 4 is 7.85 Å². The van der Waals surface area contributed by atoms with Crippen LogP contribution in [0.5, 0.6) is 0 Å². The Balaban J connectivity index is 2.25. The lowest BCUT2D eigenvalue weighted by Crippen LogP contribution is -2.08. The number of hydrogen-bond donors (Lipinski definition) is 0. The molecule has 0 saturated heterocycles. The molecule has 17 heavy (non-hydrogen) atoms. The summed E-state index contributed by atoms with van der Waals surface area (Å²) in [4.78, 5) is 0. The van der Waals surface area contributed by atoms with Crippen molar-refractivity contribution in [3.8, 4) is 0 Å². The van der Waals surface area contributed by atoms with Crippen LogP contribution in [0.25, 0.3) is 0 Å². The van der Waals surface area contributed by atoms with Gasteiger partial charge in [0, 0.05) is 0 Å². The van der Waals surface area contributed by atoms with E-state index in [1.54, 1.807) is 0 Å². The molecule has 0 fully saturated rings. The summed E-state index contributed by atoms with van der Waals surface area (Å²) in [6.45, 7) is 2.25. The average molecular weight is 220 g/mol. The summed E-state index contributed by atoms with van der Waals surface area (Å²) in [6, 6.07) is 21.1. The molecular formula is C16H17B. The summed E-state index contributed by atoms with van der Waals surface area (Å²) >= 11 is 0. The molecule has 0 bridgehead atoms. The lowest BCUT2D eigenvalue weighted by atomic mass is 9.75. The molecule has 0 amide bonds. The van der Waals surface area contributed by atoms with Gasteiger partial charge in [-0.25, -0.2) is 0 Å².